The molecule has 2 rings (SSSR count). The van der Waals surface area contributed by atoms with E-state index in [0.29, 0.717) is 6.04 Å². The predicted molar refractivity (Wildman–Crippen MR) is 63.5 cm³/mol. The molecule has 1 N–H and O–H groups in total. The minimum atomic E-state index is -0.582. The van der Waals surface area contributed by atoms with Gasteiger partial charge in [-0.3, -0.25) is 9.69 Å². The van der Waals surface area contributed by atoms with Gasteiger partial charge in [-0.1, -0.05) is 25.7 Å². The van der Waals surface area contributed by atoms with Crippen molar-refractivity contribution >= 4 is 5.97 Å². The molecule has 2 aliphatic rings. The molecule has 3 heteroatoms. The van der Waals surface area contributed by atoms with Gasteiger partial charge < -0.3 is 5.11 Å². The summed E-state index contributed by atoms with van der Waals surface area (Å²) >= 11 is 0. The summed E-state index contributed by atoms with van der Waals surface area (Å²) in [6.45, 7) is 3.17. The zero-order valence-electron chi connectivity index (χ0n) is 10.2. The van der Waals surface area contributed by atoms with E-state index in [0.717, 1.165) is 38.6 Å². The van der Waals surface area contributed by atoms with Gasteiger partial charge in [0.15, 0.2) is 0 Å². The highest BCUT2D eigenvalue weighted by molar-refractivity contribution is 5.79. The van der Waals surface area contributed by atoms with Crippen LogP contribution < -0.4 is 0 Å². The Labute approximate surface area is 97.8 Å². The maximum atomic E-state index is 11.7. The van der Waals surface area contributed by atoms with Crippen molar-refractivity contribution in [2.75, 3.05) is 6.54 Å². The van der Waals surface area contributed by atoms with E-state index in [1.54, 1.807) is 0 Å². The van der Waals surface area contributed by atoms with Crippen molar-refractivity contribution in [3.05, 3.63) is 0 Å². The van der Waals surface area contributed by atoms with Gasteiger partial charge in [-0.15, -0.1) is 0 Å². The highest BCUT2D eigenvalue weighted by atomic mass is 16.4. The first-order valence-electron chi connectivity index (χ1n) is 6.67. The number of nitrogens with zero attached hydrogens (tertiary/aromatic N) is 1. The number of likely N-dealkylation sites (tertiary alicyclic amines) is 1. The standard InChI is InChI=1S/C13H23NO2/c1-11-7-3-6-10-14(11)13(12(15)16)8-4-2-5-9-13/h11H,2-10H2,1H3,(H,15,16). The van der Waals surface area contributed by atoms with Crippen molar-refractivity contribution in [2.24, 2.45) is 0 Å². The summed E-state index contributed by atoms with van der Waals surface area (Å²) in [7, 11) is 0. The van der Waals surface area contributed by atoms with Gasteiger partial charge >= 0.3 is 5.97 Å². The Balaban J connectivity index is 2.19. The summed E-state index contributed by atoms with van der Waals surface area (Å²) in [5.74, 6) is -0.582. The minimum Gasteiger partial charge on any atom is -0.480 e. The summed E-state index contributed by atoms with van der Waals surface area (Å²) in [6.07, 6.45) is 8.66. The zero-order valence-corrected chi connectivity index (χ0v) is 10.2. The van der Waals surface area contributed by atoms with Crippen molar-refractivity contribution < 1.29 is 9.90 Å². The van der Waals surface area contributed by atoms with Gasteiger partial charge in [0.1, 0.15) is 5.54 Å². The molecule has 16 heavy (non-hydrogen) atoms. The summed E-state index contributed by atoms with van der Waals surface area (Å²) in [4.78, 5) is 14.0. The molecule has 1 saturated carbocycles. The summed E-state index contributed by atoms with van der Waals surface area (Å²) in [5.41, 5.74) is -0.530. The Morgan fingerprint density at radius 3 is 2.44 bits per heavy atom. The van der Waals surface area contributed by atoms with Crippen LogP contribution >= 0.6 is 0 Å². The van der Waals surface area contributed by atoms with Crippen molar-refractivity contribution in [1.29, 1.82) is 0 Å². The number of carboxylic acid groups (broad SMARTS) is 1. The lowest BCUT2D eigenvalue weighted by Crippen LogP contribution is -2.60. The van der Waals surface area contributed by atoms with Crippen LogP contribution in [0.15, 0.2) is 0 Å². The van der Waals surface area contributed by atoms with Crippen molar-refractivity contribution in [3.8, 4) is 0 Å². The molecular formula is C13H23NO2. The van der Waals surface area contributed by atoms with E-state index in [4.69, 9.17) is 0 Å². The molecule has 0 radical (unpaired) electrons. The van der Waals surface area contributed by atoms with Crippen LogP contribution in [0.25, 0.3) is 0 Å². The molecule has 0 spiro atoms. The number of carbonyl (C=O) groups is 1. The van der Waals surface area contributed by atoms with Crippen LogP contribution in [0, 0.1) is 0 Å². The van der Waals surface area contributed by atoms with Gasteiger partial charge in [-0.25, -0.2) is 0 Å². The fraction of sp³-hybridized carbons (Fsp3) is 0.923. The van der Waals surface area contributed by atoms with E-state index in [1.165, 1.54) is 19.3 Å². The summed E-state index contributed by atoms with van der Waals surface area (Å²) < 4.78 is 0. The van der Waals surface area contributed by atoms with E-state index < -0.39 is 11.5 Å². The number of piperidine rings is 1. The average molecular weight is 225 g/mol. The van der Waals surface area contributed by atoms with Crippen LogP contribution in [0.3, 0.4) is 0 Å². The van der Waals surface area contributed by atoms with E-state index in [-0.39, 0.29) is 0 Å². The van der Waals surface area contributed by atoms with Crippen LogP contribution in [0.1, 0.15) is 58.3 Å². The molecule has 0 bridgehead atoms. The largest absolute Gasteiger partial charge is 0.480 e. The number of hydrogen-bond donors (Lipinski definition) is 1. The SMILES string of the molecule is CC1CCCCN1C1(C(=O)O)CCCCC1. The van der Waals surface area contributed by atoms with Gasteiger partial charge in [0.2, 0.25) is 0 Å². The fourth-order valence-electron chi connectivity index (χ4n) is 3.49. The fourth-order valence-corrected chi connectivity index (χ4v) is 3.49. The van der Waals surface area contributed by atoms with Crippen LogP contribution in [0.4, 0.5) is 0 Å². The van der Waals surface area contributed by atoms with Crippen LogP contribution in [-0.2, 0) is 4.79 Å². The molecule has 1 heterocycles. The van der Waals surface area contributed by atoms with E-state index in [9.17, 15) is 9.90 Å². The molecule has 2 fully saturated rings. The molecule has 1 aliphatic heterocycles. The Morgan fingerprint density at radius 2 is 1.88 bits per heavy atom. The lowest BCUT2D eigenvalue weighted by atomic mass is 9.78. The molecular weight excluding hydrogens is 202 g/mol. The van der Waals surface area contributed by atoms with E-state index >= 15 is 0 Å². The summed E-state index contributed by atoms with van der Waals surface area (Å²) in [5, 5.41) is 9.62. The Morgan fingerprint density at radius 1 is 1.19 bits per heavy atom. The van der Waals surface area contributed by atoms with Gasteiger partial charge in [0.25, 0.3) is 0 Å². The first-order valence-corrected chi connectivity index (χ1v) is 6.67. The third kappa shape index (κ3) is 1.97. The third-order valence-electron chi connectivity index (χ3n) is 4.43. The topological polar surface area (TPSA) is 40.5 Å². The molecule has 3 nitrogen and oxygen atoms in total. The molecule has 0 amide bonds. The monoisotopic (exact) mass is 225 g/mol. The third-order valence-corrected chi connectivity index (χ3v) is 4.43. The lowest BCUT2D eigenvalue weighted by Gasteiger charge is -2.48. The first-order chi connectivity index (χ1) is 7.67. The van der Waals surface area contributed by atoms with Crippen LogP contribution in [-0.4, -0.2) is 34.1 Å². The number of aliphatic carboxylic acids is 1. The molecule has 0 aromatic rings. The Hall–Kier alpha value is -0.570. The highest BCUT2D eigenvalue weighted by Crippen LogP contribution is 2.37. The second kappa shape index (κ2) is 4.74. The molecule has 1 unspecified atom stereocenters. The second-order valence-corrected chi connectivity index (χ2v) is 5.44. The zero-order chi connectivity index (χ0) is 11.6. The average Bonchev–Trinajstić information content (AvgIpc) is 2.30. The number of hydrogen-bond acceptors (Lipinski definition) is 2. The van der Waals surface area contributed by atoms with Crippen molar-refractivity contribution in [3.63, 3.8) is 0 Å². The molecule has 1 aliphatic carbocycles. The summed E-state index contributed by atoms with van der Waals surface area (Å²) in [6, 6.07) is 0.447. The van der Waals surface area contributed by atoms with Crippen molar-refractivity contribution in [2.45, 2.75) is 69.9 Å². The number of carboxylic acids is 1. The second-order valence-electron chi connectivity index (χ2n) is 5.44. The molecule has 0 aromatic carbocycles. The quantitative estimate of drug-likeness (QED) is 0.785. The lowest BCUT2D eigenvalue weighted by molar-refractivity contribution is -0.157. The maximum Gasteiger partial charge on any atom is 0.324 e. The van der Waals surface area contributed by atoms with Gasteiger partial charge in [-0.2, -0.15) is 0 Å². The maximum absolute atomic E-state index is 11.7. The van der Waals surface area contributed by atoms with E-state index in [1.807, 2.05) is 0 Å². The molecule has 0 aromatic heterocycles. The van der Waals surface area contributed by atoms with Gasteiger partial charge in [0.05, 0.1) is 0 Å². The van der Waals surface area contributed by atoms with Crippen molar-refractivity contribution in [1.82, 2.24) is 4.90 Å². The smallest absolute Gasteiger partial charge is 0.324 e. The molecule has 92 valence electrons. The van der Waals surface area contributed by atoms with Gasteiger partial charge in [0, 0.05) is 6.04 Å². The van der Waals surface area contributed by atoms with Crippen LogP contribution in [0.2, 0.25) is 0 Å². The highest BCUT2D eigenvalue weighted by Gasteiger charge is 2.46. The normalized spacial score (nSPS) is 31.2. The molecule has 1 atom stereocenters. The minimum absolute atomic E-state index is 0.447. The van der Waals surface area contributed by atoms with Gasteiger partial charge in [-0.05, 0) is 39.2 Å². The number of rotatable bonds is 2. The molecule has 1 saturated heterocycles. The Bertz CT molecular complexity index is 259. The van der Waals surface area contributed by atoms with E-state index in [2.05, 4.69) is 11.8 Å². The Kier molecular flexibility index (Phi) is 3.53. The predicted octanol–water partition coefficient (Wildman–Crippen LogP) is 2.65. The first kappa shape index (κ1) is 11.9. The van der Waals surface area contributed by atoms with Crippen LogP contribution in [0.5, 0.6) is 0 Å².